The number of non-ortho nitro benzene ring substituents is 1. The summed E-state index contributed by atoms with van der Waals surface area (Å²) < 4.78 is 11.6. The van der Waals surface area contributed by atoms with Crippen LogP contribution in [0.5, 0.6) is 5.75 Å². The summed E-state index contributed by atoms with van der Waals surface area (Å²) in [6.45, 7) is 1.53. The molecule has 0 atom stereocenters. The summed E-state index contributed by atoms with van der Waals surface area (Å²) in [7, 11) is 0. The Hall–Kier alpha value is -4.26. The van der Waals surface area contributed by atoms with E-state index in [1.54, 1.807) is 24.3 Å². The van der Waals surface area contributed by atoms with Gasteiger partial charge in [0.1, 0.15) is 5.58 Å². The van der Waals surface area contributed by atoms with E-state index in [4.69, 9.17) is 9.15 Å². The number of hydrogen-bond donors (Lipinski definition) is 0. The first-order chi connectivity index (χ1) is 14.9. The summed E-state index contributed by atoms with van der Waals surface area (Å²) >= 11 is 0. The Kier molecular flexibility index (Phi) is 5.32. The highest BCUT2D eigenvalue weighted by Gasteiger charge is 2.19. The first-order valence-corrected chi connectivity index (χ1v) is 9.47. The van der Waals surface area contributed by atoms with Gasteiger partial charge in [0.15, 0.2) is 18.2 Å². The summed E-state index contributed by atoms with van der Waals surface area (Å²) in [5, 5.41) is 11.1. The largest absolute Gasteiger partial charge is 0.478 e. The zero-order valence-corrected chi connectivity index (χ0v) is 16.5. The van der Waals surface area contributed by atoms with Crippen LogP contribution in [0.3, 0.4) is 0 Å². The van der Waals surface area contributed by atoms with Crippen LogP contribution in [0.4, 0.5) is 5.69 Å². The second-order valence-corrected chi connectivity index (χ2v) is 6.97. The van der Waals surface area contributed by atoms with E-state index >= 15 is 0 Å². The average molecular weight is 415 g/mol. The smallest absolute Gasteiger partial charge is 0.269 e. The van der Waals surface area contributed by atoms with Gasteiger partial charge in [-0.05, 0) is 31.2 Å². The second kappa shape index (κ2) is 8.23. The number of carbonyl (C=O) groups is 1. The highest BCUT2D eigenvalue weighted by molar-refractivity contribution is 5.97. The summed E-state index contributed by atoms with van der Waals surface area (Å²) in [6.07, 6.45) is 0. The topological polar surface area (TPSA) is 99.7 Å². The van der Waals surface area contributed by atoms with Gasteiger partial charge < -0.3 is 9.15 Å². The van der Waals surface area contributed by atoms with Gasteiger partial charge in [-0.15, -0.1) is 0 Å². The number of nitro groups is 1. The molecule has 0 N–H and O–H groups in total. The molecule has 31 heavy (non-hydrogen) atoms. The van der Waals surface area contributed by atoms with Crippen molar-refractivity contribution in [1.29, 1.82) is 0 Å². The zero-order valence-electron chi connectivity index (χ0n) is 16.5. The van der Waals surface area contributed by atoms with Crippen LogP contribution in [-0.4, -0.2) is 17.3 Å². The molecular formula is C24H17NO6. The van der Waals surface area contributed by atoms with Gasteiger partial charge in [0.25, 0.3) is 5.69 Å². The van der Waals surface area contributed by atoms with E-state index in [9.17, 15) is 19.7 Å². The van der Waals surface area contributed by atoms with Crippen molar-refractivity contribution in [2.45, 2.75) is 6.92 Å². The van der Waals surface area contributed by atoms with Gasteiger partial charge in [-0.1, -0.05) is 42.0 Å². The highest BCUT2D eigenvalue weighted by Crippen LogP contribution is 2.31. The lowest BCUT2D eigenvalue weighted by molar-refractivity contribution is -0.384. The monoisotopic (exact) mass is 415 g/mol. The number of carbonyl (C=O) groups excluding carboxylic acids is 1. The Labute approximate surface area is 176 Å². The number of aryl methyl sites for hydroxylation is 1. The maximum atomic E-state index is 13.1. The number of nitrogens with zero attached hydrogens (tertiary/aromatic N) is 1. The lowest BCUT2D eigenvalue weighted by Crippen LogP contribution is -2.17. The average Bonchev–Trinajstić information content (AvgIpc) is 2.79. The fourth-order valence-electron chi connectivity index (χ4n) is 3.14. The van der Waals surface area contributed by atoms with Crippen molar-refractivity contribution in [2.24, 2.45) is 0 Å². The molecule has 0 unspecified atom stereocenters. The van der Waals surface area contributed by atoms with Gasteiger partial charge in [-0.3, -0.25) is 19.7 Å². The van der Waals surface area contributed by atoms with Crippen LogP contribution in [0.15, 0.2) is 82.0 Å². The third-order valence-corrected chi connectivity index (χ3v) is 4.82. The van der Waals surface area contributed by atoms with Crippen LogP contribution in [0, 0.1) is 17.0 Å². The van der Waals surface area contributed by atoms with Gasteiger partial charge >= 0.3 is 0 Å². The minimum Gasteiger partial charge on any atom is -0.478 e. The van der Waals surface area contributed by atoms with Crippen LogP contribution < -0.4 is 10.2 Å². The Morgan fingerprint density at radius 3 is 2.35 bits per heavy atom. The van der Waals surface area contributed by atoms with E-state index in [1.165, 1.54) is 24.3 Å². The first kappa shape index (κ1) is 20.0. The molecular weight excluding hydrogens is 398 g/mol. The number of hydrogen-bond acceptors (Lipinski definition) is 6. The number of para-hydroxylation sites is 1. The fourth-order valence-corrected chi connectivity index (χ4v) is 3.14. The molecule has 0 aliphatic rings. The summed E-state index contributed by atoms with van der Waals surface area (Å²) in [5.41, 5.74) is 1.85. The maximum Gasteiger partial charge on any atom is 0.269 e. The lowest BCUT2D eigenvalue weighted by atomic mass is 10.1. The predicted molar refractivity (Wildman–Crippen MR) is 116 cm³/mol. The predicted octanol–water partition coefficient (Wildman–Crippen LogP) is 4.94. The molecule has 3 aromatic carbocycles. The molecule has 1 heterocycles. The van der Waals surface area contributed by atoms with Gasteiger partial charge in [0.05, 0.1) is 10.3 Å². The number of Topliss-reactive ketones (excluding diaryl/α,β-unsaturated/α-hetero) is 1. The van der Waals surface area contributed by atoms with Crippen LogP contribution in [0.25, 0.3) is 22.3 Å². The van der Waals surface area contributed by atoms with Crippen LogP contribution in [-0.2, 0) is 0 Å². The molecule has 0 amide bonds. The Morgan fingerprint density at radius 1 is 1.00 bits per heavy atom. The Bertz CT molecular complexity index is 1340. The van der Waals surface area contributed by atoms with E-state index in [1.807, 2.05) is 31.2 Å². The molecule has 0 saturated carbocycles. The third-order valence-electron chi connectivity index (χ3n) is 4.82. The molecule has 4 rings (SSSR count). The molecule has 0 spiro atoms. The number of fused-ring (bicyclic) bond motifs is 1. The SMILES string of the molecule is Cc1ccc(-c2oc3ccccc3c(=O)c2OCC(=O)c2ccc([N+](=O)[O-])cc2)cc1. The molecule has 4 aromatic rings. The van der Waals surface area contributed by atoms with Crippen molar-refractivity contribution >= 4 is 22.4 Å². The van der Waals surface area contributed by atoms with E-state index in [2.05, 4.69) is 0 Å². The molecule has 0 fully saturated rings. The van der Waals surface area contributed by atoms with Crippen LogP contribution >= 0.6 is 0 Å². The van der Waals surface area contributed by atoms with Crippen molar-refractivity contribution in [1.82, 2.24) is 0 Å². The molecule has 0 saturated heterocycles. The summed E-state index contributed by atoms with van der Waals surface area (Å²) in [4.78, 5) is 35.9. The normalized spacial score (nSPS) is 10.7. The third kappa shape index (κ3) is 4.06. The molecule has 0 radical (unpaired) electrons. The molecule has 7 heteroatoms. The van der Waals surface area contributed by atoms with Gasteiger partial charge in [0.2, 0.25) is 11.2 Å². The summed E-state index contributed by atoms with van der Waals surface area (Å²) in [5.74, 6) is -0.240. The van der Waals surface area contributed by atoms with Gasteiger partial charge in [-0.25, -0.2) is 0 Å². The van der Waals surface area contributed by atoms with Crippen LogP contribution in [0.1, 0.15) is 15.9 Å². The molecule has 0 aliphatic carbocycles. The van der Waals surface area contributed by atoms with Crippen molar-refractivity contribution in [3.8, 4) is 17.1 Å². The second-order valence-electron chi connectivity index (χ2n) is 6.97. The molecule has 0 bridgehead atoms. The standard InChI is InChI=1S/C24H17NO6/c1-15-6-8-17(9-7-15)23-24(22(27)19-4-2-3-5-21(19)31-23)30-14-20(26)16-10-12-18(13-11-16)25(28)29/h2-13H,14H2,1H3. The molecule has 7 nitrogen and oxygen atoms in total. The van der Waals surface area contributed by atoms with E-state index in [0.29, 0.717) is 16.5 Å². The van der Waals surface area contributed by atoms with E-state index in [-0.39, 0.29) is 28.2 Å². The van der Waals surface area contributed by atoms with Crippen molar-refractivity contribution in [3.63, 3.8) is 0 Å². The van der Waals surface area contributed by atoms with E-state index < -0.39 is 17.3 Å². The number of nitro benzene ring substituents is 1. The first-order valence-electron chi connectivity index (χ1n) is 9.47. The number of rotatable bonds is 6. The number of ketones is 1. The minimum absolute atomic E-state index is 0.0576. The van der Waals surface area contributed by atoms with Gasteiger partial charge in [-0.2, -0.15) is 0 Å². The Morgan fingerprint density at radius 2 is 1.68 bits per heavy atom. The summed E-state index contributed by atoms with van der Waals surface area (Å²) in [6, 6.07) is 19.4. The molecule has 154 valence electrons. The lowest BCUT2D eigenvalue weighted by Gasteiger charge is -2.11. The molecule has 0 aliphatic heterocycles. The maximum absolute atomic E-state index is 13.1. The van der Waals surface area contributed by atoms with Crippen LogP contribution in [0.2, 0.25) is 0 Å². The molecule has 1 aromatic heterocycles. The Balaban J connectivity index is 1.70. The fraction of sp³-hybridized carbons (Fsp3) is 0.0833. The quantitative estimate of drug-likeness (QED) is 0.251. The van der Waals surface area contributed by atoms with Crippen molar-refractivity contribution < 1.29 is 18.9 Å². The number of ether oxygens (including phenoxy) is 1. The minimum atomic E-state index is -0.543. The number of benzene rings is 3. The highest BCUT2D eigenvalue weighted by atomic mass is 16.6. The van der Waals surface area contributed by atoms with E-state index in [0.717, 1.165) is 5.56 Å². The zero-order chi connectivity index (χ0) is 22.0. The van der Waals surface area contributed by atoms with Gasteiger partial charge in [0, 0.05) is 23.3 Å². The van der Waals surface area contributed by atoms with Crippen molar-refractivity contribution in [2.75, 3.05) is 6.61 Å². The van der Waals surface area contributed by atoms with Crippen molar-refractivity contribution in [3.05, 3.63) is 104 Å².